The van der Waals surface area contributed by atoms with Crippen LogP contribution in [0.4, 0.5) is 0 Å². The van der Waals surface area contributed by atoms with Crippen LogP contribution in [0, 0.1) is 0 Å². The van der Waals surface area contributed by atoms with Crippen molar-refractivity contribution in [2.45, 2.75) is 62.9 Å². The minimum absolute atomic E-state index is 0.569. The van der Waals surface area contributed by atoms with Crippen molar-refractivity contribution in [3.05, 3.63) is 23.9 Å². The van der Waals surface area contributed by atoms with Crippen molar-refractivity contribution in [2.24, 2.45) is 0 Å². The molecule has 18 heavy (non-hydrogen) atoms. The predicted molar refractivity (Wildman–Crippen MR) is 79.0 cm³/mol. The molecule has 0 bridgehead atoms. The first-order chi connectivity index (χ1) is 8.59. The van der Waals surface area contributed by atoms with Gasteiger partial charge in [-0.2, -0.15) is 0 Å². The molecule has 2 rings (SSSR count). The summed E-state index contributed by atoms with van der Waals surface area (Å²) in [6.07, 6.45) is 4.50. The Kier molecular flexibility index (Phi) is 4.68. The van der Waals surface area contributed by atoms with E-state index in [-0.39, 0.29) is 0 Å². The molecule has 1 aliphatic heterocycles. The molecule has 0 aromatic carbocycles. The highest BCUT2D eigenvalue weighted by molar-refractivity contribution is 7.99. The normalized spacial score (nSPS) is 21.1. The van der Waals surface area contributed by atoms with Crippen LogP contribution >= 0.6 is 11.8 Å². The summed E-state index contributed by atoms with van der Waals surface area (Å²) < 4.78 is 0. The monoisotopic (exact) mass is 264 g/mol. The zero-order valence-electron chi connectivity index (χ0n) is 11.9. The highest BCUT2D eigenvalue weighted by Crippen LogP contribution is 2.38. The molecule has 0 saturated carbocycles. The summed E-state index contributed by atoms with van der Waals surface area (Å²) in [6.45, 7) is 10.3. The maximum absolute atomic E-state index is 4.59. The van der Waals surface area contributed by atoms with E-state index in [4.69, 9.17) is 0 Å². The fraction of sp³-hybridized carbons (Fsp3) is 0.667. The average Bonchev–Trinajstić information content (AvgIpc) is 2.77. The molecule has 0 N–H and O–H groups in total. The molecular weight excluding hydrogens is 240 g/mol. The average molecular weight is 264 g/mol. The molecule has 2 heterocycles. The van der Waals surface area contributed by atoms with Crippen LogP contribution in [-0.4, -0.2) is 27.7 Å². The smallest absolute Gasteiger partial charge is 0.101 e. The molecule has 100 valence electrons. The van der Waals surface area contributed by atoms with Crippen LogP contribution in [-0.2, 0) is 0 Å². The summed E-state index contributed by atoms with van der Waals surface area (Å²) in [5.74, 6) is 0. The number of aromatic nitrogens is 1. The third-order valence-electron chi connectivity index (χ3n) is 3.46. The molecular formula is C15H24N2S. The lowest BCUT2D eigenvalue weighted by Gasteiger charge is -2.29. The standard InChI is InChI=1S/C15H24N2S/c1-11(2)17-10-6-8-14(17)13-7-5-9-16-15(13)18-12(3)4/h5,7,9,11-12,14H,6,8,10H2,1-4H3/t14-/m0/s1. The number of thioether (sulfide) groups is 1. The van der Waals surface area contributed by atoms with E-state index in [1.54, 1.807) is 0 Å². The molecule has 0 unspecified atom stereocenters. The summed E-state index contributed by atoms with van der Waals surface area (Å²) in [5, 5.41) is 1.82. The largest absolute Gasteiger partial charge is 0.294 e. The van der Waals surface area contributed by atoms with Gasteiger partial charge in [-0.25, -0.2) is 4.98 Å². The summed E-state index contributed by atoms with van der Waals surface area (Å²) in [6, 6.07) is 5.54. The molecule has 3 heteroatoms. The van der Waals surface area contributed by atoms with Gasteiger partial charge in [0, 0.05) is 29.1 Å². The molecule has 0 amide bonds. The van der Waals surface area contributed by atoms with E-state index in [2.05, 4.69) is 49.7 Å². The molecule has 0 radical (unpaired) electrons. The van der Waals surface area contributed by atoms with Gasteiger partial charge in [-0.15, -0.1) is 11.8 Å². The lowest BCUT2D eigenvalue weighted by Crippen LogP contribution is -2.30. The molecule has 1 aliphatic rings. The Bertz CT molecular complexity index is 390. The van der Waals surface area contributed by atoms with Gasteiger partial charge in [-0.1, -0.05) is 19.9 Å². The number of hydrogen-bond acceptors (Lipinski definition) is 3. The van der Waals surface area contributed by atoms with Gasteiger partial charge in [0.1, 0.15) is 5.03 Å². The summed E-state index contributed by atoms with van der Waals surface area (Å²) >= 11 is 1.89. The van der Waals surface area contributed by atoms with Crippen molar-refractivity contribution in [3.63, 3.8) is 0 Å². The van der Waals surface area contributed by atoms with Gasteiger partial charge in [-0.3, -0.25) is 4.90 Å². The molecule has 1 aromatic rings. The summed E-state index contributed by atoms with van der Waals surface area (Å²) in [4.78, 5) is 7.21. The predicted octanol–water partition coefficient (Wildman–Crippen LogP) is 4.13. The second-order valence-corrected chi connectivity index (χ2v) is 7.12. The fourth-order valence-electron chi connectivity index (χ4n) is 2.72. The second-order valence-electron chi connectivity index (χ2n) is 5.55. The molecule has 2 nitrogen and oxygen atoms in total. The topological polar surface area (TPSA) is 16.1 Å². The minimum Gasteiger partial charge on any atom is -0.294 e. The van der Waals surface area contributed by atoms with E-state index in [0.29, 0.717) is 17.3 Å². The highest BCUT2D eigenvalue weighted by atomic mass is 32.2. The van der Waals surface area contributed by atoms with Crippen molar-refractivity contribution >= 4 is 11.8 Å². The Morgan fingerprint density at radius 3 is 2.78 bits per heavy atom. The highest BCUT2D eigenvalue weighted by Gasteiger charge is 2.29. The molecule has 0 aliphatic carbocycles. The van der Waals surface area contributed by atoms with Crippen molar-refractivity contribution in [3.8, 4) is 0 Å². The van der Waals surface area contributed by atoms with Crippen LogP contribution in [0.1, 0.15) is 52.1 Å². The molecule has 1 aromatic heterocycles. The maximum Gasteiger partial charge on any atom is 0.101 e. The van der Waals surface area contributed by atoms with E-state index < -0.39 is 0 Å². The zero-order chi connectivity index (χ0) is 13.1. The number of pyridine rings is 1. The molecule has 1 atom stereocenters. The Balaban J connectivity index is 2.26. The van der Waals surface area contributed by atoms with Crippen molar-refractivity contribution in [1.82, 2.24) is 9.88 Å². The lowest BCUT2D eigenvalue weighted by atomic mass is 10.1. The molecule has 0 spiro atoms. The van der Waals surface area contributed by atoms with Crippen molar-refractivity contribution in [1.29, 1.82) is 0 Å². The van der Waals surface area contributed by atoms with E-state index in [0.717, 1.165) is 0 Å². The quantitative estimate of drug-likeness (QED) is 0.761. The SMILES string of the molecule is CC(C)Sc1ncccc1[C@@H]1CCCN1C(C)C. The zero-order valence-corrected chi connectivity index (χ0v) is 12.7. The van der Waals surface area contributed by atoms with Crippen LogP contribution in [0.25, 0.3) is 0 Å². The van der Waals surface area contributed by atoms with E-state index in [1.807, 2.05) is 18.0 Å². The Morgan fingerprint density at radius 1 is 1.33 bits per heavy atom. The Labute approximate surface area is 115 Å². The van der Waals surface area contributed by atoms with E-state index >= 15 is 0 Å². The van der Waals surface area contributed by atoms with Gasteiger partial charge in [0.05, 0.1) is 0 Å². The maximum atomic E-state index is 4.59. The summed E-state index contributed by atoms with van der Waals surface area (Å²) in [5.41, 5.74) is 1.43. The van der Waals surface area contributed by atoms with Gasteiger partial charge in [0.25, 0.3) is 0 Å². The number of hydrogen-bond donors (Lipinski definition) is 0. The van der Waals surface area contributed by atoms with Gasteiger partial charge in [0.15, 0.2) is 0 Å². The van der Waals surface area contributed by atoms with Gasteiger partial charge < -0.3 is 0 Å². The van der Waals surface area contributed by atoms with Crippen LogP contribution in [0.2, 0.25) is 0 Å². The van der Waals surface area contributed by atoms with E-state index in [1.165, 1.54) is 30.0 Å². The first kappa shape index (κ1) is 13.9. The number of likely N-dealkylation sites (tertiary alicyclic amines) is 1. The van der Waals surface area contributed by atoms with Crippen molar-refractivity contribution in [2.75, 3.05) is 6.54 Å². The second kappa shape index (κ2) is 6.07. The molecule has 1 fully saturated rings. The Hall–Kier alpha value is -0.540. The van der Waals surface area contributed by atoms with Gasteiger partial charge in [0.2, 0.25) is 0 Å². The number of rotatable bonds is 4. The first-order valence-electron chi connectivity index (χ1n) is 6.97. The lowest BCUT2D eigenvalue weighted by molar-refractivity contribution is 0.203. The van der Waals surface area contributed by atoms with E-state index in [9.17, 15) is 0 Å². The Morgan fingerprint density at radius 2 is 2.11 bits per heavy atom. The molecule has 1 saturated heterocycles. The van der Waals surface area contributed by atoms with Crippen LogP contribution in [0.3, 0.4) is 0 Å². The van der Waals surface area contributed by atoms with Gasteiger partial charge >= 0.3 is 0 Å². The van der Waals surface area contributed by atoms with Crippen LogP contribution in [0.15, 0.2) is 23.4 Å². The summed E-state index contributed by atoms with van der Waals surface area (Å²) in [7, 11) is 0. The minimum atomic E-state index is 0.569. The van der Waals surface area contributed by atoms with Crippen LogP contribution < -0.4 is 0 Å². The van der Waals surface area contributed by atoms with Crippen LogP contribution in [0.5, 0.6) is 0 Å². The third-order valence-corrected chi connectivity index (χ3v) is 4.50. The number of nitrogens with zero attached hydrogens (tertiary/aromatic N) is 2. The fourth-order valence-corrected chi connectivity index (χ4v) is 3.63. The first-order valence-corrected chi connectivity index (χ1v) is 7.85. The van der Waals surface area contributed by atoms with Crippen molar-refractivity contribution < 1.29 is 0 Å². The van der Waals surface area contributed by atoms with Gasteiger partial charge in [-0.05, 0) is 39.3 Å². The third kappa shape index (κ3) is 3.07.